The molecule has 1 aromatic carbocycles. The van der Waals surface area contributed by atoms with Crippen LogP contribution in [-0.2, 0) is 0 Å². The fourth-order valence-electron chi connectivity index (χ4n) is 1.80. The molecular formula is C14H21N3O4. The standard InChI is InChI=1S/C14H21N3O4/c1-9-7-11(17(19)20)12(8-10(9)16(5)6)21-13(18)15-14(2,3)4/h7-8H,1-6H3,(H,15,18). The Morgan fingerprint density at radius 2 is 1.90 bits per heavy atom. The van der Waals surface area contributed by atoms with Gasteiger partial charge in [-0.15, -0.1) is 0 Å². The number of nitro groups is 1. The fraction of sp³-hybridized carbons (Fsp3) is 0.500. The van der Waals surface area contributed by atoms with E-state index < -0.39 is 16.6 Å². The zero-order chi connectivity index (χ0) is 16.4. The van der Waals surface area contributed by atoms with Crippen LogP contribution in [-0.4, -0.2) is 30.7 Å². The molecule has 1 rings (SSSR count). The summed E-state index contributed by atoms with van der Waals surface area (Å²) in [6, 6.07) is 2.89. The maximum atomic E-state index is 11.8. The average Bonchev–Trinajstić information content (AvgIpc) is 2.27. The lowest BCUT2D eigenvalue weighted by Crippen LogP contribution is -2.42. The van der Waals surface area contributed by atoms with Crippen LogP contribution in [0.25, 0.3) is 0 Å². The van der Waals surface area contributed by atoms with E-state index in [9.17, 15) is 14.9 Å². The van der Waals surface area contributed by atoms with Crippen molar-refractivity contribution in [3.8, 4) is 5.75 Å². The molecule has 0 atom stereocenters. The molecule has 0 aliphatic carbocycles. The Labute approximate surface area is 124 Å². The number of nitrogens with zero attached hydrogens (tertiary/aromatic N) is 2. The molecule has 116 valence electrons. The van der Waals surface area contributed by atoms with Gasteiger partial charge in [0.05, 0.1) is 4.92 Å². The number of amides is 1. The topological polar surface area (TPSA) is 84.7 Å². The summed E-state index contributed by atoms with van der Waals surface area (Å²) in [6.07, 6.45) is -0.723. The third-order valence-electron chi connectivity index (χ3n) is 2.64. The average molecular weight is 295 g/mol. The van der Waals surface area contributed by atoms with E-state index in [2.05, 4.69) is 5.32 Å². The Kier molecular flexibility index (Phi) is 4.77. The van der Waals surface area contributed by atoms with E-state index >= 15 is 0 Å². The van der Waals surface area contributed by atoms with Crippen molar-refractivity contribution in [2.45, 2.75) is 33.2 Å². The molecule has 0 aliphatic rings. The van der Waals surface area contributed by atoms with Gasteiger partial charge in [0.1, 0.15) is 0 Å². The highest BCUT2D eigenvalue weighted by Gasteiger charge is 2.23. The van der Waals surface area contributed by atoms with Crippen LogP contribution in [0.3, 0.4) is 0 Å². The SMILES string of the molecule is Cc1cc([N+](=O)[O-])c(OC(=O)NC(C)(C)C)cc1N(C)C. The van der Waals surface area contributed by atoms with Crippen LogP contribution in [0.2, 0.25) is 0 Å². The lowest BCUT2D eigenvalue weighted by Gasteiger charge is -2.21. The van der Waals surface area contributed by atoms with E-state index in [0.29, 0.717) is 0 Å². The first-order valence-electron chi connectivity index (χ1n) is 6.47. The van der Waals surface area contributed by atoms with E-state index in [0.717, 1.165) is 11.3 Å². The number of nitrogens with one attached hydrogen (secondary N) is 1. The van der Waals surface area contributed by atoms with Gasteiger partial charge in [-0.25, -0.2) is 4.79 Å². The molecule has 0 radical (unpaired) electrons. The van der Waals surface area contributed by atoms with Gasteiger partial charge >= 0.3 is 11.8 Å². The maximum Gasteiger partial charge on any atom is 0.413 e. The van der Waals surface area contributed by atoms with Gasteiger partial charge in [-0.3, -0.25) is 10.1 Å². The number of hydrogen-bond acceptors (Lipinski definition) is 5. The minimum absolute atomic E-state index is 0.0731. The molecule has 0 saturated carbocycles. The number of carbonyl (C=O) groups is 1. The lowest BCUT2D eigenvalue weighted by atomic mass is 10.1. The molecule has 0 saturated heterocycles. The number of hydrogen-bond donors (Lipinski definition) is 1. The zero-order valence-electron chi connectivity index (χ0n) is 13.2. The van der Waals surface area contributed by atoms with Crippen LogP contribution in [0.5, 0.6) is 5.75 Å². The number of carbonyl (C=O) groups excluding carboxylic acids is 1. The first kappa shape index (κ1) is 16.7. The number of anilines is 1. The summed E-state index contributed by atoms with van der Waals surface area (Å²) < 4.78 is 5.11. The molecule has 0 aromatic heterocycles. The Morgan fingerprint density at radius 1 is 1.33 bits per heavy atom. The van der Waals surface area contributed by atoms with Crippen molar-refractivity contribution in [2.75, 3.05) is 19.0 Å². The Morgan fingerprint density at radius 3 is 2.33 bits per heavy atom. The zero-order valence-corrected chi connectivity index (χ0v) is 13.2. The molecule has 7 nitrogen and oxygen atoms in total. The largest absolute Gasteiger partial charge is 0.413 e. The van der Waals surface area contributed by atoms with Crippen LogP contribution in [0.1, 0.15) is 26.3 Å². The van der Waals surface area contributed by atoms with Crippen LogP contribution in [0.15, 0.2) is 12.1 Å². The van der Waals surface area contributed by atoms with E-state index in [4.69, 9.17) is 4.74 Å². The van der Waals surface area contributed by atoms with Crippen molar-refractivity contribution in [3.05, 3.63) is 27.8 Å². The summed E-state index contributed by atoms with van der Waals surface area (Å²) in [5.74, 6) is -0.0731. The van der Waals surface area contributed by atoms with Crippen LogP contribution in [0, 0.1) is 17.0 Å². The number of ether oxygens (including phenoxy) is 1. The quantitative estimate of drug-likeness (QED) is 0.684. The van der Waals surface area contributed by atoms with Crippen LogP contribution in [0.4, 0.5) is 16.2 Å². The van der Waals surface area contributed by atoms with Crippen LogP contribution >= 0.6 is 0 Å². The molecule has 1 N–H and O–H groups in total. The predicted octanol–water partition coefficient (Wildman–Crippen LogP) is 2.86. The van der Waals surface area contributed by atoms with Crippen LogP contribution < -0.4 is 15.0 Å². The molecule has 1 aromatic rings. The molecule has 0 fully saturated rings. The molecule has 0 aliphatic heterocycles. The van der Waals surface area contributed by atoms with Gasteiger partial charge in [0.25, 0.3) is 0 Å². The molecule has 0 unspecified atom stereocenters. The van der Waals surface area contributed by atoms with Gasteiger partial charge in [0, 0.05) is 37.5 Å². The third-order valence-corrected chi connectivity index (χ3v) is 2.64. The molecule has 0 heterocycles. The minimum Gasteiger partial charge on any atom is -0.403 e. The normalized spacial score (nSPS) is 11.0. The number of benzene rings is 1. The highest BCUT2D eigenvalue weighted by atomic mass is 16.6. The number of aryl methyl sites for hydroxylation is 1. The summed E-state index contributed by atoms with van der Waals surface area (Å²) in [5, 5.41) is 13.7. The summed E-state index contributed by atoms with van der Waals surface area (Å²) >= 11 is 0. The highest BCUT2D eigenvalue weighted by Crippen LogP contribution is 2.34. The van der Waals surface area contributed by atoms with Crippen molar-refractivity contribution in [3.63, 3.8) is 0 Å². The van der Waals surface area contributed by atoms with Crippen molar-refractivity contribution in [1.29, 1.82) is 0 Å². The monoisotopic (exact) mass is 295 g/mol. The van der Waals surface area contributed by atoms with Gasteiger partial charge in [0.15, 0.2) is 0 Å². The van der Waals surface area contributed by atoms with Gasteiger partial charge < -0.3 is 15.0 Å². The van der Waals surface area contributed by atoms with Gasteiger partial charge in [-0.05, 0) is 33.3 Å². The van der Waals surface area contributed by atoms with Gasteiger partial charge in [0.2, 0.25) is 5.75 Å². The summed E-state index contributed by atoms with van der Waals surface area (Å²) in [4.78, 5) is 24.1. The first-order valence-corrected chi connectivity index (χ1v) is 6.47. The second-order valence-electron chi connectivity index (χ2n) is 6.02. The number of nitro benzene ring substituents is 1. The maximum absolute atomic E-state index is 11.8. The van der Waals surface area contributed by atoms with Crippen molar-refractivity contribution < 1.29 is 14.5 Å². The predicted molar refractivity (Wildman–Crippen MR) is 81.1 cm³/mol. The van der Waals surface area contributed by atoms with Gasteiger partial charge in [-0.2, -0.15) is 0 Å². The fourth-order valence-corrected chi connectivity index (χ4v) is 1.80. The summed E-state index contributed by atoms with van der Waals surface area (Å²) in [6.45, 7) is 7.15. The van der Waals surface area contributed by atoms with Crippen molar-refractivity contribution >= 4 is 17.5 Å². The Hall–Kier alpha value is -2.31. The first-order chi connectivity index (χ1) is 9.51. The third kappa shape index (κ3) is 4.62. The summed E-state index contributed by atoms with van der Waals surface area (Å²) in [7, 11) is 3.63. The van der Waals surface area contributed by atoms with Crippen molar-refractivity contribution in [1.82, 2.24) is 5.32 Å². The molecule has 0 spiro atoms. The molecule has 0 bridgehead atoms. The molecule has 7 heteroatoms. The second-order valence-corrected chi connectivity index (χ2v) is 6.02. The van der Waals surface area contributed by atoms with E-state index in [-0.39, 0.29) is 11.4 Å². The van der Waals surface area contributed by atoms with Gasteiger partial charge in [-0.1, -0.05) is 0 Å². The molecule has 21 heavy (non-hydrogen) atoms. The lowest BCUT2D eigenvalue weighted by molar-refractivity contribution is -0.385. The van der Waals surface area contributed by atoms with E-state index in [1.807, 2.05) is 14.1 Å². The highest BCUT2D eigenvalue weighted by molar-refractivity contribution is 5.74. The minimum atomic E-state index is -0.723. The smallest absolute Gasteiger partial charge is 0.403 e. The Bertz CT molecular complexity index is 562. The van der Waals surface area contributed by atoms with E-state index in [1.54, 1.807) is 32.6 Å². The van der Waals surface area contributed by atoms with E-state index in [1.165, 1.54) is 12.1 Å². The second kappa shape index (κ2) is 5.99. The Balaban J connectivity index is 3.17. The summed E-state index contributed by atoms with van der Waals surface area (Å²) in [5.41, 5.74) is 0.762. The van der Waals surface area contributed by atoms with Crippen molar-refractivity contribution in [2.24, 2.45) is 0 Å². The molecule has 1 amide bonds. The number of rotatable bonds is 3. The molecular weight excluding hydrogens is 274 g/mol.